The van der Waals surface area contributed by atoms with Gasteiger partial charge < -0.3 is 15.5 Å². The van der Waals surface area contributed by atoms with Gasteiger partial charge in [0, 0.05) is 0 Å². The van der Waals surface area contributed by atoms with E-state index in [1.54, 1.807) is 0 Å². The van der Waals surface area contributed by atoms with Crippen LogP contribution in [0.3, 0.4) is 0 Å². The lowest BCUT2D eigenvalue weighted by atomic mass is 10.00. The van der Waals surface area contributed by atoms with Gasteiger partial charge in [0.05, 0.1) is 19.1 Å². The molecule has 0 radical (unpaired) electrons. The third-order valence-electron chi connectivity index (χ3n) is 4.12. The molecule has 2 rings (SSSR count). The number of benzene rings is 1. The smallest absolute Gasteiger partial charge is 0.275 e. The van der Waals surface area contributed by atoms with E-state index >= 15 is 0 Å². The molecule has 1 aliphatic heterocycles. The average Bonchev–Trinajstić information content (AvgIpc) is 2.47. The maximum atomic E-state index is 12.2. The number of hydrogen-bond acceptors (Lipinski definition) is 2. The highest BCUT2D eigenvalue weighted by Gasteiger charge is 2.22. The van der Waals surface area contributed by atoms with Gasteiger partial charge in [0.15, 0.2) is 13.1 Å². The summed E-state index contributed by atoms with van der Waals surface area (Å²) in [6, 6.07) is 8.43. The van der Waals surface area contributed by atoms with E-state index in [9.17, 15) is 9.59 Å². The van der Waals surface area contributed by atoms with E-state index in [2.05, 4.69) is 48.7 Å². The van der Waals surface area contributed by atoms with Gasteiger partial charge in [-0.05, 0) is 30.4 Å². The van der Waals surface area contributed by atoms with E-state index in [0.29, 0.717) is 25.6 Å². The number of amides is 2. The van der Waals surface area contributed by atoms with E-state index in [1.165, 1.54) is 5.56 Å². The second-order valence-corrected chi connectivity index (χ2v) is 6.83. The number of carbonyl (C=O) groups is 2. The summed E-state index contributed by atoms with van der Waals surface area (Å²) in [5, 5.41) is 5.81. The fourth-order valence-electron chi connectivity index (χ4n) is 2.92. The van der Waals surface area contributed by atoms with Gasteiger partial charge in [-0.15, -0.1) is 0 Å². The number of carbonyl (C=O) groups excluding carboxylic acids is 2. The Balaban J connectivity index is 1.84. The van der Waals surface area contributed by atoms with Crippen LogP contribution < -0.4 is 15.5 Å². The largest absolute Gasteiger partial charge is 0.346 e. The van der Waals surface area contributed by atoms with Crippen LogP contribution in [0, 0.1) is 5.92 Å². The molecule has 126 valence electrons. The fourth-order valence-corrected chi connectivity index (χ4v) is 2.92. The average molecular weight is 318 g/mol. The Morgan fingerprint density at radius 2 is 1.96 bits per heavy atom. The summed E-state index contributed by atoms with van der Waals surface area (Å²) in [7, 11) is 0. The van der Waals surface area contributed by atoms with Crippen molar-refractivity contribution in [1.29, 1.82) is 0 Å². The summed E-state index contributed by atoms with van der Waals surface area (Å²) in [4.78, 5) is 24.5. The van der Waals surface area contributed by atoms with Crippen molar-refractivity contribution in [3.05, 3.63) is 35.4 Å². The normalized spacial score (nSPS) is 19.3. The standard InChI is InChI=1S/C18H27N3O2/c1-13(2)10-15-4-6-16(7-5-15)14(3)20-18(23)12-21-9-8-19-17(22)11-21/h4-7,13-14H,8-12H2,1-3H3,(H,19,22)(H,20,23)/p+1/t14-/m0/s1. The minimum Gasteiger partial charge on any atom is -0.346 e. The lowest BCUT2D eigenvalue weighted by Crippen LogP contribution is -3.16. The molecule has 2 atom stereocenters. The first kappa shape index (κ1) is 17.5. The Kier molecular flexibility index (Phi) is 6.16. The summed E-state index contributed by atoms with van der Waals surface area (Å²) in [5.41, 5.74) is 2.43. The van der Waals surface area contributed by atoms with Crippen molar-refractivity contribution >= 4 is 11.8 Å². The second-order valence-electron chi connectivity index (χ2n) is 6.83. The molecule has 1 aromatic rings. The summed E-state index contributed by atoms with van der Waals surface area (Å²) in [6.45, 7) is 8.59. The van der Waals surface area contributed by atoms with Crippen molar-refractivity contribution < 1.29 is 14.5 Å². The van der Waals surface area contributed by atoms with Crippen LogP contribution in [0.4, 0.5) is 0 Å². The van der Waals surface area contributed by atoms with E-state index in [1.807, 2.05) is 6.92 Å². The molecule has 1 unspecified atom stereocenters. The summed E-state index contributed by atoms with van der Waals surface area (Å²) in [5.74, 6) is 0.656. The van der Waals surface area contributed by atoms with Gasteiger partial charge in [-0.1, -0.05) is 38.1 Å². The van der Waals surface area contributed by atoms with E-state index < -0.39 is 0 Å². The topological polar surface area (TPSA) is 62.6 Å². The van der Waals surface area contributed by atoms with Gasteiger partial charge in [-0.25, -0.2) is 0 Å². The van der Waals surface area contributed by atoms with Crippen LogP contribution in [0.5, 0.6) is 0 Å². The predicted molar refractivity (Wildman–Crippen MR) is 90.1 cm³/mol. The Morgan fingerprint density at radius 3 is 2.57 bits per heavy atom. The zero-order chi connectivity index (χ0) is 16.8. The van der Waals surface area contributed by atoms with Crippen molar-refractivity contribution in [3.63, 3.8) is 0 Å². The molecule has 1 aliphatic rings. The van der Waals surface area contributed by atoms with Crippen LogP contribution in [0.2, 0.25) is 0 Å². The third kappa shape index (κ3) is 5.67. The monoisotopic (exact) mass is 318 g/mol. The minimum atomic E-state index is -0.0198. The maximum absolute atomic E-state index is 12.2. The lowest BCUT2D eigenvalue weighted by molar-refractivity contribution is -0.885. The first-order chi connectivity index (χ1) is 10.9. The van der Waals surface area contributed by atoms with Crippen LogP contribution in [0.15, 0.2) is 24.3 Å². The first-order valence-corrected chi connectivity index (χ1v) is 8.42. The van der Waals surface area contributed by atoms with Gasteiger partial charge in [0.25, 0.3) is 11.8 Å². The number of nitrogens with one attached hydrogen (secondary N) is 3. The Morgan fingerprint density at radius 1 is 1.26 bits per heavy atom. The highest BCUT2D eigenvalue weighted by Crippen LogP contribution is 2.15. The molecule has 0 aromatic heterocycles. The van der Waals surface area contributed by atoms with Crippen molar-refractivity contribution in [1.82, 2.24) is 10.6 Å². The van der Waals surface area contributed by atoms with Gasteiger partial charge in [0.2, 0.25) is 0 Å². The Hall–Kier alpha value is -1.88. The van der Waals surface area contributed by atoms with Crippen molar-refractivity contribution in [2.75, 3.05) is 26.2 Å². The summed E-state index contributed by atoms with van der Waals surface area (Å²) in [6.07, 6.45) is 1.07. The number of rotatable bonds is 6. The molecule has 0 aliphatic carbocycles. The molecular formula is C18H28N3O2+. The van der Waals surface area contributed by atoms with Gasteiger partial charge in [-0.3, -0.25) is 9.59 Å². The quantitative estimate of drug-likeness (QED) is 0.695. The van der Waals surface area contributed by atoms with Crippen molar-refractivity contribution in [2.24, 2.45) is 5.92 Å². The van der Waals surface area contributed by atoms with Crippen LogP contribution in [0.25, 0.3) is 0 Å². The van der Waals surface area contributed by atoms with Crippen LogP contribution >= 0.6 is 0 Å². The van der Waals surface area contributed by atoms with Gasteiger partial charge in [0.1, 0.15) is 0 Å². The molecule has 5 nitrogen and oxygen atoms in total. The summed E-state index contributed by atoms with van der Waals surface area (Å²) < 4.78 is 0. The van der Waals surface area contributed by atoms with E-state index in [0.717, 1.165) is 23.4 Å². The van der Waals surface area contributed by atoms with E-state index in [4.69, 9.17) is 0 Å². The summed E-state index contributed by atoms with van der Waals surface area (Å²) >= 11 is 0. The van der Waals surface area contributed by atoms with Crippen LogP contribution in [-0.4, -0.2) is 38.0 Å². The van der Waals surface area contributed by atoms with Crippen LogP contribution in [0.1, 0.15) is 37.9 Å². The van der Waals surface area contributed by atoms with E-state index in [-0.39, 0.29) is 17.9 Å². The third-order valence-corrected chi connectivity index (χ3v) is 4.12. The highest BCUT2D eigenvalue weighted by atomic mass is 16.2. The van der Waals surface area contributed by atoms with Crippen molar-refractivity contribution in [2.45, 2.75) is 33.2 Å². The predicted octanol–water partition coefficient (Wildman–Crippen LogP) is 0.0770. The number of quaternary nitrogens is 1. The molecule has 1 saturated heterocycles. The molecule has 1 fully saturated rings. The second kappa shape index (κ2) is 8.11. The fraction of sp³-hybridized carbons (Fsp3) is 0.556. The molecule has 2 amide bonds. The molecule has 23 heavy (non-hydrogen) atoms. The molecule has 0 spiro atoms. The number of hydrogen-bond donors (Lipinski definition) is 3. The molecule has 5 heteroatoms. The minimum absolute atomic E-state index is 0.00606. The molecule has 3 N–H and O–H groups in total. The molecule has 1 aromatic carbocycles. The maximum Gasteiger partial charge on any atom is 0.275 e. The molecule has 1 heterocycles. The SMILES string of the molecule is CC(C)Cc1ccc([C@H](C)NC(=O)C[NH+]2CCNC(=O)C2)cc1. The van der Waals surface area contributed by atoms with Gasteiger partial charge >= 0.3 is 0 Å². The van der Waals surface area contributed by atoms with Crippen LogP contribution in [-0.2, 0) is 16.0 Å². The first-order valence-electron chi connectivity index (χ1n) is 8.42. The zero-order valence-corrected chi connectivity index (χ0v) is 14.3. The molecular weight excluding hydrogens is 290 g/mol. The Bertz CT molecular complexity index is 540. The van der Waals surface area contributed by atoms with Crippen molar-refractivity contribution in [3.8, 4) is 0 Å². The zero-order valence-electron chi connectivity index (χ0n) is 14.3. The highest BCUT2D eigenvalue weighted by molar-refractivity contribution is 5.79. The lowest BCUT2D eigenvalue weighted by Gasteiger charge is -2.24. The Labute approximate surface area is 138 Å². The van der Waals surface area contributed by atoms with Gasteiger partial charge in [-0.2, -0.15) is 0 Å². The molecule has 0 saturated carbocycles. The number of piperazine rings is 1. The molecule has 0 bridgehead atoms.